The number of rotatable bonds is 4. The van der Waals surface area contributed by atoms with Gasteiger partial charge in [-0.05, 0) is 23.6 Å². The van der Waals surface area contributed by atoms with Crippen molar-refractivity contribution in [2.24, 2.45) is 0 Å². The smallest absolute Gasteiger partial charge is 0.276 e. The lowest BCUT2D eigenvalue weighted by molar-refractivity contribution is 0.624. The van der Waals surface area contributed by atoms with Crippen LogP contribution in [0.3, 0.4) is 0 Å². The molecular formula is C20H17FN6O. The maximum Gasteiger partial charge on any atom is 0.276 e. The van der Waals surface area contributed by atoms with E-state index in [-0.39, 0.29) is 22.9 Å². The van der Waals surface area contributed by atoms with Gasteiger partial charge in [-0.1, -0.05) is 26.0 Å². The summed E-state index contributed by atoms with van der Waals surface area (Å²) in [5.41, 5.74) is 3.01. The van der Waals surface area contributed by atoms with Crippen molar-refractivity contribution in [3.05, 3.63) is 75.7 Å². The summed E-state index contributed by atoms with van der Waals surface area (Å²) in [4.78, 5) is 17.5. The van der Waals surface area contributed by atoms with E-state index in [2.05, 4.69) is 15.2 Å². The molecule has 0 aliphatic rings. The fourth-order valence-corrected chi connectivity index (χ4v) is 3.20. The largest absolute Gasteiger partial charge is 0.295 e. The molecule has 0 unspecified atom stereocenters. The van der Waals surface area contributed by atoms with Crippen molar-refractivity contribution in [2.45, 2.75) is 26.3 Å². The van der Waals surface area contributed by atoms with E-state index in [0.29, 0.717) is 28.9 Å². The molecule has 0 radical (unpaired) electrons. The summed E-state index contributed by atoms with van der Waals surface area (Å²) >= 11 is 0. The van der Waals surface area contributed by atoms with Crippen LogP contribution in [-0.2, 0) is 6.54 Å². The van der Waals surface area contributed by atoms with Crippen LogP contribution in [-0.4, -0.2) is 24.4 Å². The molecule has 0 aliphatic heterocycles. The molecule has 140 valence electrons. The molecule has 3 aromatic heterocycles. The summed E-state index contributed by atoms with van der Waals surface area (Å²) in [6.07, 6.45) is 4.91. The molecule has 0 bridgehead atoms. The van der Waals surface area contributed by atoms with Crippen LogP contribution in [0.1, 0.15) is 36.5 Å². The van der Waals surface area contributed by atoms with E-state index in [4.69, 9.17) is 0 Å². The van der Waals surface area contributed by atoms with E-state index in [0.717, 1.165) is 5.56 Å². The number of hydrogen-bond donors (Lipinski definition) is 1. The van der Waals surface area contributed by atoms with Gasteiger partial charge in [-0.25, -0.2) is 13.9 Å². The van der Waals surface area contributed by atoms with E-state index >= 15 is 0 Å². The molecule has 0 spiro atoms. The minimum atomic E-state index is -0.288. The van der Waals surface area contributed by atoms with Crippen LogP contribution < -0.4 is 5.56 Å². The maximum atomic E-state index is 13.1. The zero-order valence-electron chi connectivity index (χ0n) is 15.3. The van der Waals surface area contributed by atoms with E-state index in [1.165, 1.54) is 22.8 Å². The number of hydrogen-bond acceptors (Lipinski definition) is 4. The zero-order valence-corrected chi connectivity index (χ0v) is 15.3. The predicted molar refractivity (Wildman–Crippen MR) is 101 cm³/mol. The van der Waals surface area contributed by atoms with Gasteiger partial charge in [-0.15, -0.1) is 0 Å². The van der Waals surface area contributed by atoms with E-state index in [9.17, 15) is 14.4 Å². The van der Waals surface area contributed by atoms with Gasteiger partial charge in [0.25, 0.3) is 5.56 Å². The molecular weight excluding hydrogens is 359 g/mol. The van der Waals surface area contributed by atoms with Gasteiger partial charge in [0.05, 0.1) is 18.4 Å². The summed E-state index contributed by atoms with van der Waals surface area (Å²) in [5, 5.41) is 16.4. The number of aromatic nitrogens is 5. The summed E-state index contributed by atoms with van der Waals surface area (Å²) < 4.78 is 16.1. The fourth-order valence-electron chi connectivity index (χ4n) is 3.20. The SMILES string of the molecule is CC(C)c1c(-c2cnn(Cc3ccc(F)cc3)c2)nc2c(C#N)c[nH]n2c1=O. The number of halogens is 1. The molecule has 4 aromatic rings. The number of aromatic amines is 1. The Morgan fingerprint density at radius 3 is 2.71 bits per heavy atom. The quantitative estimate of drug-likeness (QED) is 0.592. The third kappa shape index (κ3) is 2.97. The third-order valence-electron chi connectivity index (χ3n) is 4.56. The van der Waals surface area contributed by atoms with Crippen molar-refractivity contribution < 1.29 is 4.39 Å². The minimum absolute atomic E-state index is 0.0683. The Morgan fingerprint density at radius 2 is 2.04 bits per heavy atom. The van der Waals surface area contributed by atoms with Gasteiger partial charge >= 0.3 is 0 Å². The lowest BCUT2D eigenvalue weighted by Crippen LogP contribution is -2.22. The Kier molecular flexibility index (Phi) is 4.28. The average Bonchev–Trinajstić information content (AvgIpc) is 3.30. The molecule has 0 amide bonds. The Balaban J connectivity index is 1.81. The molecule has 28 heavy (non-hydrogen) atoms. The lowest BCUT2D eigenvalue weighted by atomic mass is 10.00. The van der Waals surface area contributed by atoms with Crippen LogP contribution in [0.2, 0.25) is 0 Å². The van der Waals surface area contributed by atoms with E-state index in [1.807, 2.05) is 19.9 Å². The van der Waals surface area contributed by atoms with Crippen LogP contribution >= 0.6 is 0 Å². The molecule has 7 nitrogen and oxygen atoms in total. The number of nitrogens with one attached hydrogen (secondary N) is 1. The first-order chi connectivity index (χ1) is 13.5. The summed E-state index contributed by atoms with van der Waals surface area (Å²) in [6, 6.07) is 8.25. The van der Waals surface area contributed by atoms with E-state index in [1.54, 1.807) is 29.2 Å². The topological polar surface area (TPSA) is 91.8 Å². The van der Waals surface area contributed by atoms with Gasteiger partial charge in [0.1, 0.15) is 17.4 Å². The lowest BCUT2D eigenvalue weighted by Gasteiger charge is -2.10. The third-order valence-corrected chi connectivity index (χ3v) is 4.56. The summed E-state index contributed by atoms with van der Waals surface area (Å²) in [6.45, 7) is 4.31. The van der Waals surface area contributed by atoms with Crippen molar-refractivity contribution in [2.75, 3.05) is 0 Å². The second-order valence-corrected chi connectivity index (χ2v) is 6.84. The van der Waals surface area contributed by atoms with Crippen LogP contribution in [0.4, 0.5) is 4.39 Å². The van der Waals surface area contributed by atoms with Crippen LogP contribution in [0, 0.1) is 17.1 Å². The molecule has 1 N–H and O–H groups in total. The molecule has 0 saturated carbocycles. The monoisotopic (exact) mass is 376 g/mol. The highest BCUT2D eigenvalue weighted by atomic mass is 19.1. The van der Waals surface area contributed by atoms with Gasteiger partial charge in [-0.2, -0.15) is 10.4 Å². The second kappa shape index (κ2) is 6.78. The molecule has 0 fully saturated rings. The number of nitriles is 1. The van der Waals surface area contributed by atoms with Crippen molar-refractivity contribution >= 4 is 5.65 Å². The highest BCUT2D eigenvalue weighted by Gasteiger charge is 2.20. The molecule has 0 saturated heterocycles. The van der Waals surface area contributed by atoms with E-state index < -0.39 is 0 Å². The number of H-pyrrole nitrogens is 1. The number of fused-ring (bicyclic) bond motifs is 1. The summed E-state index contributed by atoms with van der Waals surface area (Å²) in [5.74, 6) is -0.356. The normalized spacial score (nSPS) is 11.2. The fraction of sp³-hybridized carbons (Fsp3) is 0.200. The molecule has 1 aromatic carbocycles. The maximum absolute atomic E-state index is 13.1. The minimum Gasteiger partial charge on any atom is -0.295 e. The molecule has 3 heterocycles. The van der Waals surface area contributed by atoms with Crippen LogP contribution in [0.25, 0.3) is 16.9 Å². The first kappa shape index (κ1) is 17.7. The first-order valence-corrected chi connectivity index (χ1v) is 8.79. The summed E-state index contributed by atoms with van der Waals surface area (Å²) in [7, 11) is 0. The van der Waals surface area contributed by atoms with Crippen LogP contribution in [0.5, 0.6) is 0 Å². The average molecular weight is 376 g/mol. The van der Waals surface area contributed by atoms with Crippen molar-refractivity contribution in [3.63, 3.8) is 0 Å². The standard InChI is InChI=1S/C20H17FN6O/c1-12(2)17-18(25-19-14(7-22)8-24-27(19)20(17)28)15-9-23-26(11-15)10-13-3-5-16(21)6-4-13/h3-6,8-9,11-12,24H,10H2,1-2H3. The predicted octanol–water partition coefficient (Wildman–Crippen LogP) is 3.07. The highest BCUT2D eigenvalue weighted by molar-refractivity contribution is 5.67. The Hall–Kier alpha value is -3.73. The Labute approximate surface area is 159 Å². The second-order valence-electron chi connectivity index (χ2n) is 6.84. The molecule has 0 atom stereocenters. The molecule has 4 rings (SSSR count). The van der Waals surface area contributed by atoms with Crippen LogP contribution in [0.15, 0.2) is 47.7 Å². The van der Waals surface area contributed by atoms with Crippen molar-refractivity contribution in [3.8, 4) is 17.3 Å². The van der Waals surface area contributed by atoms with Crippen molar-refractivity contribution in [1.29, 1.82) is 5.26 Å². The zero-order chi connectivity index (χ0) is 19.8. The Morgan fingerprint density at radius 1 is 1.29 bits per heavy atom. The van der Waals surface area contributed by atoms with Gasteiger partial charge in [0.2, 0.25) is 0 Å². The van der Waals surface area contributed by atoms with Gasteiger partial charge in [0, 0.05) is 23.5 Å². The first-order valence-electron chi connectivity index (χ1n) is 8.79. The molecule has 8 heteroatoms. The molecule has 0 aliphatic carbocycles. The Bertz CT molecular complexity index is 1260. The van der Waals surface area contributed by atoms with Gasteiger partial charge in [-0.3, -0.25) is 14.6 Å². The van der Waals surface area contributed by atoms with Gasteiger partial charge < -0.3 is 0 Å². The number of nitrogens with zero attached hydrogens (tertiary/aromatic N) is 5. The van der Waals surface area contributed by atoms with Gasteiger partial charge in [0.15, 0.2) is 5.65 Å². The van der Waals surface area contributed by atoms with Crippen molar-refractivity contribution in [1.82, 2.24) is 24.4 Å². The highest BCUT2D eigenvalue weighted by Crippen LogP contribution is 2.26. The number of benzene rings is 1.